The SMILES string of the molecule is Cc1cc(-c2cnc(N3CCCCC3)nc2)nc2c(C)c(CO)ccc12. The molecule has 0 unspecified atom stereocenters. The van der Waals surface area contributed by atoms with Gasteiger partial charge in [0.25, 0.3) is 0 Å². The summed E-state index contributed by atoms with van der Waals surface area (Å²) in [4.78, 5) is 16.3. The summed E-state index contributed by atoms with van der Waals surface area (Å²) in [5.74, 6) is 0.810. The number of anilines is 1. The summed E-state index contributed by atoms with van der Waals surface area (Å²) in [7, 11) is 0. The molecule has 4 rings (SSSR count). The molecule has 0 saturated carbocycles. The van der Waals surface area contributed by atoms with Gasteiger partial charge in [-0.05, 0) is 55.9 Å². The van der Waals surface area contributed by atoms with Gasteiger partial charge in [-0.25, -0.2) is 15.0 Å². The molecule has 1 aliphatic rings. The van der Waals surface area contributed by atoms with E-state index < -0.39 is 0 Å². The van der Waals surface area contributed by atoms with Gasteiger partial charge >= 0.3 is 0 Å². The molecule has 0 atom stereocenters. The molecule has 1 fully saturated rings. The van der Waals surface area contributed by atoms with Crippen molar-refractivity contribution in [1.29, 1.82) is 0 Å². The highest BCUT2D eigenvalue weighted by atomic mass is 16.3. The average Bonchev–Trinajstić information content (AvgIpc) is 2.69. The molecule has 0 radical (unpaired) electrons. The first-order valence-electron chi connectivity index (χ1n) is 9.25. The number of aromatic nitrogens is 3. The molecule has 0 amide bonds. The Labute approximate surface area is 153 Å². The number of hydrogen-bond acceptors (Lipinski definition) is 5. The molecule has 0 aliphatic carbocycles. The van der Waals surface area contributed by atoms with E-state index in [1.807, 2.05) is 31.5 Å². The van der Waals surface area contributed by atoms with Crippen molar-refractivity contribution in [3.05, 3.63) is 47.3 Å². The highest BCUT2D eigenvalue weighted by Gasteiger charge is 2.14. The summed E-state index contributed by atoms with van der Waals surface area (Å²) in [6.45, 7) is 6.21. The Morgan fingerprint density at radius 1 is 1.04 bits per heavy atom. The first-order valence-corrected chi connectivity index (χ1v) is 9.25. The fourth-order valence-electron chi connectivity index (χ4n) is 3.67. The number of aliphatic hydroxyl groups is 1. The zero-order valence-electron chi connectivity index (χ0n) is 15.4. The maximum absolute atomic E-state index is 9.54. The third-order valence-electron chi connectivity index (χ3n) is 5.30. The highest BCUT2D eigenvalue weighted by molar-refractivity contribution is 5.88. The number of piperidine rings is 1. The standard InChI is InChI=1S/C21H24N4O/c1-14-10-19(24-20-15(2)16(13-26)6-7-18(14)20)17-11-22-21(23-12-17)25-8-4-3-5-9-25/h6-7,10-12,26H,3-5,8-9,13H2,1-2H3. The van der Waals surface area contributed by atoms with Crippen LogP contribution in [0.25, 0.3) is 22.2 Å². The number of aliphatic hydroxyl groups excluding tert-OH is 1. The number of aryl methyl sites for hydroxylation is 2. The maximum atomic E-state index is 9.54. The topological polar surface area (TPSA) is 62.1 Å². The summed E-state index contributed by atoms with van der Waals surface area (Å²) in [5.41, 5.74) is 5.84. The van der Waals surface area contributed by atoms with E-state index in [0.29, 0.717) is 0 Å². The second-order valence-corrected chi connectivity index (χ2v) is 7.05. The minimum Gasteiger partial charge on any atom is -0.392 e. The number of pyridine rings is 1. The molecule has 134 valence electrons. The molecule has 5 nitrogen and oxygen atoms in total. The molecular formula is C21H24N4O. The lowest BCUT2D eigenvalue weighted by molar-refractivity contribution is 0.281. The number of benzene rings is 1. The predicted octanol–water partition coefficient (Wildman–Crippen LogP) is 3.79. The van der Waals surface area contributed by atoms with E-state index in [9.17, 15) is 5.11 Å². The number of rotatable bonds is 3. The largest absolute Gasteiger partial charge is 0.392 e. The van der Waals surface area contributed by atoms with E-state index >= 15 is 0 Å². The van der Waals surface area contributed by atoms with E-state index in [4.69, 9.17) is 4.98 Å². The third-order valence-corrected chi connectivity index (χ3v) is 5.30. The second-order valence-electron chi connectivity index (χ2n) is 7.05. The summed E-state index contributed by atoms with van der Waals surface area (Å²) in [6.07, 6.45) is 7.46. The molecule has 1 saturated heterocycles. The van der Waals surface area contributed by atoms with E-state index in [1.54, 1.807) is 0 Å². The summed E-state index contributed by atoms with van der Waals surface area (Å²) < 4.78 is 0. The molecule has 1 aromatic carbocycles. The molecule has 2 aromatic heterocycles. The average molecular weight is 348 g/mol. The van der Waals surface area contributed by atoms with Gasteiger partial charge in [-0.3, -0.25) is 0 Å². The van der Waals surface area contributed by atoms with Crippen molar-refractivity contribution < 1.29 is 5.11 Å². The molecule has 0 bridgehead atoms. The molecular weight excluding hydrogens is 324 g/mol. The van der Waals surface area contributed by atoms with Crippen molar-refractivity contribution in [1.82, 2.24) is 15.0 Å². The van der Waals surface area contributed by atoms with Crippen LogP contribution in [0, 0.1) is 13.8 Å². The Hall–Kier alpha value is -2.53. The fourth-order valence-corrected chi connectivity index (χ4v) is 3.67. The van der Waals surface area contributed by atoms with Gasteiger partial charge < -0.3 is 10.0 Å². The van der Waals surface area contributed by atoms with Crippen LogP contribution in [0.2, 0.25) is 0 Å². The summed E-state index contributed by atoms with van der Waals surface area (Å²) in [6, 6.07) is 6.10. The quantitative estimate of drug-likeness (QED) is 0.780. The Bertz CT molecular complexity index is 931. The van der Waals surface area contributed by atoms with E-state index in [0.717, 1.165) is 57.9 Å². The summed E-state index contributed by atoms with van der Waals surface area (Å²) >= 11 is 0. The van der Waals surface area contributed by atoms with Gasteiger partial charge in [0.05, 0.1) is 17.8 Å². The number of hydrogen-bond donors (Lipinski definition) is 1. The Kier molecular flexibility index (Phi) is 4.55. The number of fused-ring (bicyclic) bond motifs is 1. The summed E-state index contributed by atoms with van der Waals surface area (Å²) in [5, 5.41) is 10.7. The molecule has 5 heteroatoms. The Balaban J connectivity index is 1.73. The zero-order valence-corrected chi connectivity index (χ0v) is 15.4. The lowest BCUT2D eigenvalue weighted by Gasteiger charge is -2.26. The van der Waals surface area contributed by atoms with Gasteiger partial charge in [-0.15, -0.1) is 0 Å². The molecule has 1 aliphatic heterocycles. The second kappa shape index (κ2) is 7.00. The number of nitrogens with zero attached hydrogens (tertiary/aromatic N) is 4. The first-order chi connectivity index (χ1) is 12.7. The Morgan fingerprint density at radius 3 is 2.46 bits per heavy atom. The van der Waals surface area contributed by atoms with Crippen molar-refractivity contribution in [3.63, 3.8) is 0 Å². The molecule has 0 spiro atoms. The van der Waals surface area contributed by atoms with E-state index in [2.05, 4.69) is 27.9 Å². The van der Waals surface area contributed by atoms with Crippen LogP contribution >= 0.6 is 0 Å². The zero-order chi connectivity index (χ0) is 18.1. The van der Waals surface area contributed by atoms with Crippen LogP contribution in [0.1, 0.15) is 36.0 Å². The van der Waals surface area contributed by atoms with Gasteiger partial charge in [-0.1, -0.05) is 12.1 Å². The van der Waals surface area contributed by atoms with Gasteiger partial charge in [-0.2, -0.15) is 0 Å². The molecule has 3 aromatic rings. The van der Waals surface area contributed by atoms with Crippen LogP contribution in [0.5, 0.6) is 0 Å². The normalized spacial score (nSPS) is 14.8. The van der Waals surface area contributed by atoms with Crippen molar-refractivity contribution in [2.24, 2.45) is 0 Å². The van der Waals surface area contributed by atoms with Crippen LogP contribution in [-0.2, 0) is 6.61 Å². The molecule has 26 heavy (non-hydrogen) atoms. The smallest absolute Gasteiger partial charge is 0.225 e. The third kappa shape index (κ3) is 3.03. The first kappa shape index (κ1) is 16.9. The van der Waals surface area contributed by atoms with Crippen molar-refractivity contribution in [3.8, 4) is 11.3 Å². The lowest BCUT2D eigenvalue weighted by Crippen LogP contribution is -2.30. The minimum absolute atomic E-state index is 0.0281. The van der Waals surface area contributed by atoms with Crippen LogP contribution in [0.4, 0.5) is 5.95 Å². The lowest BCUT2D eigenvalue weighted by atomic mass is 10.0. The van der Waals surface area contributed by atoms with E-state index in [-0.39, 0.29) is 6.61 Å². The van der Waals surface area contributed by atoms with Crippen molar-refractivity contribution in [2.45, 2.75) is 39.7 Å². The maximum Gasteiger partial charge on any atom is 0.225 e. The van der Waals surface area contributed by atoms with Crippen molar-refractivity contribution >= 4 is 16.9 Å². The van der Waals surface area contributed by atoms with Crippen LogP contribution in [-0.4, -0.2) is 33.1 Å². The Morgan fingerprint density at radius 2 is 1.77 bits per heavy atom. The van der Waals surface area contributed by atoms with Crippen molar-refractivity contribution in [2.75, 3.05) is 18.0 Å². The monoisotopic (exact) mass is 348 g/mol. The van der Waals surface area contributed by atoms with Gasteiger partial charge in [0.2, 0.25) is 5.95 Å². The van der Waals surface area contributed by atoms with Gasteiger partial charge in [0.1, 0.15) is 0 Å². The highest BCUT2D eigenvalue weighted by Crippen LogP contribution is 2.28. The van der Waals surface area contributed by atoms with Crippen LogP contribution < -0.4 is 4.90 Å². The fraction of sp³-hybridized carbons (Fsp3) is 0.381. The minimum atomic E-state index is 0.0281. The molecule has 1 N–H and O–H groups in total. The van der Waals surface area contributed by atoms with Crippen LogP contribution in [0.15, 0.2) is 30.6 Å². The van der Waals surface area contributed by atoms with Gasteiger partial charge in [0.15, 0.2) is 0 Å². The molecule has 3 heterocycles. The van der Waals surface area contributed by atoms with Crippen LogP contribution in [0.3, 0.4) is 0 Å². The predicted molar refractivity (Wildman–Crippen MR) is 104 cm³/mol. The van der Waals surface area contributed by atoms with Gasteiger partial charge in [0, 0.05) is 36.4 Å². The van der Waals surface area contributed by atoms with E-state index in [1.165, 1.54) is 19.3 Å².